The molecule has 0 aromatic heterocycles. The summed E-state index contributed by atoms with van der Waals surface area (Å²) in [6.07, 6.45) is 0.437. The predicted octanol–water partition coefficient (Wildman–Crippen LogP) is 4.36. The van der Waals surface area contributed by atoms with Gasteiger partial charge in [-0.3, -0.25) is 9.59 Å². The van der Waals surface area contributed by atoms with Crippen molar-refractivity contribution in [3.05, 3.63) is 47.5 Å². The molecule has 0 saturated heterocycles. The van der Waals surface area contributed by atoms with Crippen molar-refractivity contribution in [2.24, 2.45) is 5.92 Å². The SMILES string of the molecule is Cc1ccc2c(c1)N(C)C(=O)c1cc(NC(=O)CC(C)C)ccc1O2. The molecule has 0 atom stereocenters. The summed E-state index contributed by atoms with van der Waals surface area (Å²) in [5, 5.41) is 2.84. The Morgan fingerprint density at radius 1 is 1.16 bits per heavy atom. The number of anilines is 2. The van der Waals surface area contributed by atoms with Crippen LogP contribution in [0.15, 0.2) is 36.4 Å². The normalized spacial score (nSPS) is 13.0. The van der Waals surface area contributed by atoms with Gasteiger partial charge in [0.1, 0.15) is 5.75 Å². The second-order valence-electron chi connectivity index (χ2n) is 6.79. The molecule has 0 aliphatic carbocycles. The Bertz CT molecular complexity index is 843. The molecule has 2 aromatic rings. The van der Waals surface area contributed by atoms with Crippen LogP contribution in [0, 0.1) is 12.8 Å². The highest BCUT2D eigenvalue weighted by atomic mass is 16.5. The summed E-state index contributed by atoms with van der Waals surface area (Å²) in [6.45, 7) is 5.95. The zero-order chi connectivity index (χ0) is 18.1. The lowest BCUT2D eigenvalue weighted by atomic mass is 10.1. The van der Waals surface area contributed by atoms with Crippen molar-refractivity contribution >= 4 is 23.2 Å². The monoisotopic (exact) mass is 338 g/mol. The van der Waals surface area contributed by atoms with Crippen LogP contribution in [0.1, 0.15) is 36.2 Å². The van der Waals surface area contributed by atoms with Gasteiger partial charge in [-0.05, 0) is 48.7 Å². The molecule has 5 nitrogen and oxygen atoms in total. The molecular weight excluding hydrogens is 316 g/mol. The van der Waals surface area contributed by atoms with Crippen LogP contribution in [0.2, 0.25) is 0 Å². The number of benzene rings is 2. The molecule has 1 N–H and O–H groups in total. The zero-order valence-corrected chi connectivity index (χ0v) is 14.9. The van der Waals surface area contributed by atoms with Gasteiger partial charge in [-0.1, -0.05) is 19.9 Å². The lowest BCUT2D eigenvalue weighted by Crippen LogP contribution is -2.25. The lowest BCUT2D eigenvalue weighted by molar-refractivity contribution is -0.116. The van der Waals surface area contributed by atoms with Crippen LogP contribution in [0.5, 0.6) is 11.5 Å². The average molecular weight is 338 g/mol. The Hall–Kier alpha value is -2.82. The molecule has 130 valence electrons. The van der Waals surface area contributed by atoms with Crippen LogP contribution < -0.4 is 15.0 Å². The van der Waals surface area contributed by atoms with Crippen molar-refractivity contribution in [2.45, 2.75) is 27.2 Å². The van der Waals surface area contributed by atoms with Crippen LogP contribution in [0.3, 0.4) is 0 Å². The van der Waals surface area contributed by atoms with Crippen LogP contribution in [-0.2, 0) is 4.79 Å². The van der Waals surface area contributed by atoms with E-state index in [1.54, 1.807) is 30.1 Å². The lowest BCUT2D eigenvalue weighted by Gasteiger charge is -2.16. The molecule has 0 saturated carbocycles. The highest BCUT2D eigenvalue weighted by Gasteiger charge is 2.26. The molecule has 5 heteroatoms. The number of ether oxygens (including phenoxy) is 1. The Kier molecular flexibility index (Phi) is 4.49. The third-order valence-corrected chi connectivity index (χ3v) is 4.09. The van der Waals surface area contributed by atoms with Crippen LogP contribution >= 0.6 is 0 Å². The molecular formula is C20H22N2O3. The largest absolute Gasteiger partial charge is 0.454 e. The van der Waals surface area contributed by atoms with Gasteiger partial charge in [0.15, 0.2) is 5.75 Å². The Morgan fingerprint density at radius 3 is 2.60 bits per heavy atom. The maximum atomic E-state index is 12.9. The minimum atomic E-state index is -0.167. The van der Waals surface area contributed by atoms with E-state index in [0.29, 0.717) is 29.2 Å². The van der Waals surface area contributed by atoms with E-state index in [0.717, 1.165) is 11.3 Å². The van der Waals surface area contributed by atoms with E-state index >= 15 is 0 Å². The summed E-state index contributed by atoms with van der Waals surface area (Å²) in [6, 6.07) is 10.9. The van der Waals surface area contributed by atoms with E-state index in [2.05, 4.69) is 5.32 Å². The number of aryl methyl sites for hydroxylation is 1. The van der Waals surface area contributed by atoms with Gasteiger partial charge in [0.05, 0.1) is 11.3 Å². The van der Waals surface area contributed by atoms with Crippen molar-refractivity contribution in [3.63, 3.8) is 0 Å². The van der Waals surface area contributed by atoms with Gasteiger partial charge >= 0.3 is 0 Å². The van der Waals surface area contributed by atoms with E-state index in [1.807, 2.05) is 39.0 Å². The summed E-state index contributed by atoms with van der Waals surface area (Å²) in [4.78, 5) is 26.4. The maximum absolute atomic E-state index is 12.9. The summed E-state index contributed by atoms with van der Waals surface area (Å²) < 4.78 is 5.95. The second-order valence-corrected chi connectivity index (χ2v) is 6.79. The van der Waals surface area contributed by atoms with Gasteiger partial charge in [0.25, 0.3) is 5.91 Å². The van der Waals surface area contributed by atoms with Crippen molar-refractivity contribution in [2.75, 3.05) is 17.3 Å². The van der Waals surface area contributed by atoms with Crippen LogP contribution in [-0.4, -0.2) is 18.9 Å². The van der Waals surface area contributed by atoms with E-state index in [4.69, 9.17) is 4.74 Å². The number of carbonyl (C=O) groups is 2. The quantitative estimate of drug-likeness (QED) is 0.904. The fourth-order valence-corrected chi connectivity index (χ4v) is 2.83. The van der Waals surface area contributed by atoms with Gasteiger partial charge in [-0.15, -0.1) is 0 Å². The number of amides is 2. The minimum absolute atomic E-state index is 0.0656. The minimum Gasteiger partial charge on any atom is -0.454 e. The fourth-order valence-electron chi connectivity index (χ4n) is 2.83. The molecule has 2 aromatic carbocycles. The van der Waals surface area contributed by atoms with Gasteiger partial charge in [-0.25, -0.2) is 0 Å². The first kappa shape index (κ1) is 17.0. The molecule has 0 fully saturated rings. The number of nitrogens with zero attached hydrogens (tertiary/aromatic N) is 1. The molecule has 3 rings (SSSR count). The number of fused-ring (bicyclic) bond motifs is 2. The third kappa shape index (κ3) is 3.50. The molecule has 1 heterocycles. The summed E-state index contributed by atoms with van der Waals surface area (Å²) in [7, 11) is 1.73. The summed E-state index contributed by atoms with van der Waals surface area (Å²) in [5.41, 5.74) is 2.80. The van der Waals surface area contributed by atoms with Gasteiger partial charge in [-0.2, -0.15) is 0 Å². The molecule has 0 unspecified atom stereocenters. The molecule has 1 aliphatic rings. The van der Waals surface area contributed by atoms with E-state index in [1.165, 1.54) is 0 Å². The molecule has 25 heavy (non-hydrogen) atoms. The fraction of sp³-hybridized carbons (Fsp3) is 0.300. The molecule has 2 amide bonds. The first-order valence-corrected chi connectivity index (χ1v) is 8.35. The van der Waals surface area contributed by atoms with Crippen LogP contribution in [0.4, 0.5) is 11.4 Å². The zero-order valence-electron chi connectivity index (χ0n) is 14.9. The number of carbonyl (C=O) groups excluding carboxylic acids is 2. The predicted molar refractivity (Wildman–Crippen MR) is 98.5 cm³/mol. The highest BCUT2D eigenvalue weighted by Crippen LogP contribution is 2.39. The molecule has 1 aliphatic heterocycles. The maximum Gasteiger partial charge on any atom is 0.261 e. The number of hydrogen-bond donors (Lipinski definition) is 1. The topological polar surface area (TPSA) is 58.6 Å². The molecule has 0 radical (unpaired) electrons. The second kappa shape index (κ2) is 6.59. The van der Waals surface area contributed by atoms with Gasteiger partial charge in [0.2, 0.25) is 5.91 Å². The van der Waals surface area contributed by atoms with Crippen molar-refractivity contribution in [3.8, 4) is 11.5 Å². The van der Waals surface area contributed by atoms with E-state index in [-0.39, 0.29) is 17.7 Å². The molecule has 0 bridgehead atoms. The van der Waals surface area contributed by atoms with Crippen LogP contribution in [0.25, 0.3) is 0 Å². The van der Waals surface area contributed by atoms with Gasteiger partial charge < -0.3 is 15.0 Å². The van der Waals surface area contributed by atoms with Crippen molar-refractivity contribution < 1.29 is 14.3 Å². The first-order chi connectivity index (χ1) is 11.8. The number of hydrogen-bond acceptors (Lipinski definition) is 3. The Morgan fingerprint density at radius 2 is 1.88 bits per heavy atom. The van der Waals surface area contributed by atoms with E-state index < -0.39 is 0 Å². The standard InChI is InChI=1S/C20H22N2O3/c1-12(2)9-19(23)21-14-6-8-17-15(11-14)20(24)22(4)16-10-13(3)5-7-18(16)25-17/h5-8,10-12H,9H2,1-4H3,(H,21,23). The third-order valence-electron chi connectivity index (χ3n) is 4.09. The highest BCUT2D eigenvalue weighted by molar-refractivity contribution is 6.10. The number of nitrogens with one attached hydrogen (secondary N) is 1. The first-order valence-electron chi connectivity index (χ1n) is 8.35. The van der Waals surface area contributed by atoms with E-state index in [9.17, 15) is 9.59 Å². The molecule has 0 spiro atoms. The van der Waals surface area contributed by atoms with Crippen molar-refractivity contribution in [1.29, 1.82) is 0 Å². The Labute approximate surface area is 147 Å². The van der Waals surface area contributed by atoms with Gasteiger partial charge in [0, 0.05) is 19.2 Å². The summed E-state index contributed by atoms with van der Waals surface area (Å²) in [5.74, 6) is 1.16. The Balaban J connectivity index is 1.95. The van der Waals surface area contributed by atoms with Crippen molar-refractivity contribution in [1.82, 2.24) is 0 Å². The average Bonchev–Trinajstić information content (AvgIpc) is 2.64. The number of rotatable bonds is 3. The summed E-state index contributed by atoms with van der Waals surface area (Å²) >= 11 is 0. The smallest absolute Gasteiger partial charge is 0.261 e.